The number of aryl methyl sites for hydroxylation is 3. The lowest BCUT2D eigenvalue weighted by Gasteiger charge is -2.00. The number of fused-ring (bicyclic) bond motifs is 2. The van der Waals surface area contributed by atoms with Crippen LogP contribution in [0.2, 0.25) is 0 Å². The molecule has 122 valence electrons. The minimum atomic E-state index is -0.386. The van der Waals surface area contributed by atoms with Crippen molar-refractivity contribution in [2.24, 2.45) is 14.1 Å². The zero-order chi connectivity index (χ0) is 16.8. The molecule has 2 N–H and O–H groups in total. The Bertz CT molecular complexity index is 1140. The molecule has 0 bridgehead atoms. The normalized spacial score (nSPS) is 11.6. The molecule has 0 aliphatic heterocycles. The average Bonchev–Trinajstić information content (AvgIpc) is 3.20. The van der Waals surface area contributed by atoms with Crippen LogP contribution in [0.3, 0.4) is 0 Å². The van der Waals surface area contributed by atoms with Crippen molar-refractivity contribution in [3.8, 4) is 0 Å². The Morgan fingerprint density at radius 3 is 2.42 bits per heavy atom. The highest BCUT2D eigenvalue weighted by Crippen LogP contribution is 2.12. The number of imidazole rings is 2. The third kappa shape index (κ3) is 2.15. The van der Waals surface area contributed by atoms with Crippen LogP contribution in [-0.4, -0.2) is 29.1 Å². The lowest BCUT2D eigenvalue weighted by atomic mass is 10.3. The fraction of sp³-hybridized carbons (Fsp3) is 0.250. The molecule has 3 heterocycles. The van der Waals surface area contributed by atoms with Gasteiger partial charge in [-0.05, 0) is 12.1 Å². The van der Waals surface area contributed by atoms with Gasteiger partial charge < -0.3 is 9.97 Å². The molecule has 8 nitrogen and oxygen atoms in total. The van der Waals surface area contributed by atoms with Gasteiger partial charge in [-0.15, -0.1) is 0 Å². The maximum absolute atomic E-state index is 12.2. The number of nitrogens with zero attached hydrogens (tertiary/aromatic N) is 4. The quantitative estimate of drug-likeness (QED) is 0.577. The Morgan fingerprint density at radius 2 is 1.67 bits per heavy atom. The molecule has 8 heteroatoms. The SMILES string of the molecule is Cn1c(=O)c2[nH]c(CCc3nc4ccccc4[nH]3)nc2n(C)c1=O. The maximum atomic E-state index is 12.2. The highest BCUT2D eigenvalue weighted by molar-refractivity contribution is 5.74. The van der Waals surface area contributed by atoms with E-state index in [2.05, 4.69) is 19.9 Å². The third-order valence-electron chi connectivity index (χ3n) is 4.18. The Balaban J connectivity index is 1.67. The van der Waals surface area contributed by atoms with E-state index in [1.807, 2.05) is 24.3 Å². The van der Waals surface area contributed by atoms with Gasteiger partial charge in [0.05, 0.1) is 11.0 Å². The molecule has 4 aromatic rings. The Kier molecular flexibility index (Phi) is 3.12. The van der Waals surface area contributed by atoms with Gasteiger partial charge in [-0.25, -0.2) is 14.8 Å². The van der Waals surface area contributed by atoms with Crippen molar-refractivity contribution >= 4 is 22.2 Å². The van der Waals surface area contributed by atoms with Crippen LogP contribution in [0.5, 0.6) is 0 Å². The van der Waals surface area contributed by atoms with Crippen molar-refractivity contribution in [2.75, 3.05) is 0 Å². The third-order valence-corrected chi connectivity index (χ3v) is 4.18. The van der Waals surface area contributed by atoms with Gasteiger partial charge in [0.1, 0.15) is 17.2 Å². The summed E-state index contributed by atoms with van der Waals surface area (Å²) < 4.78 is 2.45. The second kappa shape index (κ2) is 5.19. The summed E-state index contributed by atoms with van der Waals surface area (Å²) in [5.74, 6) is 1.52. The van der Waals surface area contributed by atoms with E-state index in [9.17, 15) is 9.59 Å². The Hall–Kier alpha value is -3.16. The van der Waals surface area contributed by atoms with Crippen molar-refractivity contribution in [1.29, 1.82) is 0 Å². The first kappa shape index (κ1) is 14.4. The Labute approximate surface area is 135 Å². The Morgan fingerprint density at radius 1 is 0.958 bits per heavy atom. The van der Waals surface area contributed by atoms with E-state index in [-0.39, 0.29) is 11.2 Å². The summed E-state index contributed by atoms with van der Waals surface area (Å²) in [6.45, 7) is 0. The van der Waals surface area contributed by atoms with Crippen LogP contribution in [0.25, 0.3) is 22.2 Å². The van der Waals surface area contributed by atoms with Gasteiger partial charge in [0.25, 0.3) is 5.56 Å². The molecule has 0 spiro atoms. The fourth-order valence-electron chi connectivity index (χ4n) is 2.85. The molecule has 0 radical (unpaired) electrons. The molecule has 0 aliphatic rings. The molecule has 24 heavy (non-hydrogen) atoms. The number of rotatable bonds is 3. The standard InChI is InChI=1S/C16H16N6O2/c1-21-14-13(15(23)22(2)16(21)24)19-12(20-14)8-7-11-17-9-5-3-4-6-10(9)18-11/h3-6H,7-8H2,1-2H3,(H,17,18)(H,19,20). The molecule has 1 aromatic carbocycles. The summed E-state index contributed by atoms with van der Waals surface area (Å²) in [4.78, 5) is 39.3. The van der Waals surface area contributed by atoms with Crippen molar-refractivity contribution < 1.29 is 0 Å². The van der Waals surface area contributed by atoms with E-state index in [4.69, 9.17) is 0 Å². The summed E-state index contributed by atoms with van der Waals surface area (Å²) in [7, 11) is 3.06. The van der Waals surface area contributed by atoms with Gasteiger partial charge in [-0.2, -0.15) is 0 Å². The van der Waals surface area contributed by atoms with E-state index in [0.717, 1.165) is 21.4 Å². The van der Waals surface area contributed by atoms with Gasteiger partial charge in [0, 0.05) is 26.9 Å². The fourth-order valence-corrected chi connectivity index (χ4v) is 2.85. The maximum Gasteiger partial charge on any atom is 0.332 e. The second-order valence-electron chi connectivity index (χ2n) is 5.79. The summed E-state index contributed by atoms with van der Waals surface area (Å²) in [5, 5.41) is 0. The molecule has 0 unspecified atom stereocenters. The first-order chi connectivity index (χ1) is 11.5. The lowest BCUT2D eigenvalue weighted by Crippen LogP contribution is -2.36. The minimum Gasteiger partial charge on any atom is -0.342 e. The molecule has 0 atom stereocenters. The molecule has 0 fully saturated rings. The predicted octanol–water partition coefficient (Wildman–Crippen LogP) is 0.622. The molecule has 0 saturated heterocycles. The van der Waals surface area contributed by atoms with Gasteiger partial charge in [0.15, 0.2) is 5.65 Å². The first-order valence-electron chi connectivity index (χ1n) is 7.63. The minimum absolute atomic E-state index is 0.346. The van der Waals surface area contributed by atoms with Gasteiger partial charge in [-0.1, -0.05) is 12.1 Å². The van der Waals surface area contributed by atoms with Crippen LogP contribution in [0, 0.1) is 0 Å². The zero-order valence-corrected chi connectivity index (χ0v) is 13.3. The van der Waals surface area contributed by atoms with E-state index in [1.165, 1.54) is 11.6 Å². The summed E-state index contributed by atoms with van der Waals surface area (Å²) in [5.41, 5.74) is 1.89. The van der Waals surface area contributed by atoms with Crippen LogP contribution in [0.1, 0.15) is 11.6 Å². The topological polar surface area (TPSA) is 101 Å². The molecule has 0 saturated carbocycles. The smallest absolute Gasteiger partial charge is 0.332 e. The first-order valence-corrected chi connectivity index (χ1v) is 7.63. The number of para-hydroxylation sites is 2. The van der Waals surface area contributed by atoms with E-state index >= 15 is 0 Å². The molecule has 3 aromatic heterocycles. The molecular weight excluding hydrogens is 308 g/mol. The van der Waals surface area contributed by atoms with Crippen molar-refractivity contribution in [3.63, 3.8) is 0 Å². The van der Waals surface area contributed by atoms with Crippen molar-refractivity contribution in [1.82, 2.24) is 29.1 Å². The predicted molar refractivity (Wildman–Crippen MR) is 90.1 cm³/mol. The highest BCUT2D eigenvalue weighted by atomic mass is 16.2. The van der Waals surface area contributed by atoms with Crippen LogP contribution in [0.4, 0.5) is 0 Å². The molecule has 0 amide bonds. The van der Waals surface area contributed by atoms with Gasteiger partial charge in [0.2, 0.25) is 0 Å². The largest absolute Gasteiger partial charge is 0.342 e. The van der Waals surface area contributed by atoms with Gasteiger partial charge in [-0.3, -0.25) is 13.9 Å². The number of nitrogens with one attached hydrogen (secondary N) is 2. The van der Waals surface area contributed by atoms with E-state index < -0.39 is 0 Å². The van der Waals surface area contributed by atoms with Crippen molar-refractivity contribution in [3.05, 3.63) is 56.8 Å². The van der Waals surface area contributed by atoms with E-state index in [1.54, 1.807) is 7.05 Å². The number of benzene rings is 1. The second-order valence-corrected chi connectivity index (χ2v) is 5.79. The van der Waals surface area contributed by atoms with Crippen LogP contribution >= 0.6 is 0 Å². The summed E-state index contributed by atoms with van der Waals surface area (Å²) in [6.07, 6.45) is 1.24. The van der Waals surface area contributed by atoms with E-state index in [0.29, 0.717) is 29.8 Å². The number of H-pyrrole nitrogens is 2. The lowest BCUT2D eigenvalue weighted by molar-refractivity contribution is 0.708. The van der Waals surface area contributed by atoms with Crippen LogP contribution in [-0.2, 0) is 26.9 Å². The molecular formula is C16H16N6O2. The van der Waals surface area contributed by atoms with Crippen LogP contribution < -0.4 is 11.2 Å². The zero-order valence-electron chi connectivity index (χ0n) is 13.3. The number of hydrogen-bond donors (Lipinski definition) is 2. The highest BCUT2D eigenvalue weighted by Gasteiger charge is 2.13. The van der Waals surface area contributed by atoms with Crippen molar-refractivity contribution in [2.45, 2.75) is 12.8 Å². The number of hydrogen-bond acceptors (Lipinski definition) is 4. The molecule has 0 aliphatic carbocycles. The van der Waals surface area contributed by atoms with Crippen LogP contribution in [0.15, 0.2) is 33.9 Å². The molecule has 4 rings (SSSR count). The number of aromatic amines is 2. The summed E-state index contributed by atoms with van der Waals surface area (Å²) in [6, 6.07) is 7.84. The summed E-state index contributed by atoms with van der Waals surface area (Å²) >= 11 is 0. The van der Waals surface area contributed by atoms with Gasteiger partial charge >= 0.3 is 5.69 Å². The number of aromatic nitrogens is 6. The monoisotopic (exact) mass is 324 g/mol. The average molecular weight is 324 g/mol.